The van der Waals surface area contributed by atoms with Crippen LogP contribution in [0.15, 0.2) is 61.2 Å². The molecule has 1 aromatic carbocycles. The van der Waals surface area contributed by atoms with Crippen LogP contribution < -0.4 is 0 Å². The predicted octanol–water partition coefficient (Wildman–Crippen LogP) is 5.83. The maximum atomic E-state index is 14.1. The van der Waals surface area contributed by atoms with Crippen LogP contribution >= 0.6 is 0 Å². The number of alkyl halides is 2. The molecule has 4 aromatic rings. The Labute approximate surface area is 162 Å². The first kappa shape index (κ1) is 18.3. The molecule has 3 heterocycles. The van der Waals surface area contributed by atoms with Gasteiger partial charge in [-0.05, 0) is 43.0 Å². The quantitative estimate of drug-likeness (QED) is 0.475. The first-order chi connectivity index (χ1) is 13.4. The molecule has 1 N–H and O–H groups in total. The highest BCUT2D eigenvalue weighted by Gasteiger charge is 2.30. The molecule has 142 valence electrons. The third kappa shape index (κ3) is 3.65. The fourth-order valence-corrected chi connectivity index (χ4v) is 3.45. The lowest BCUT2D eigenvalue weighted by molar-refractivity contribution is 0.0145. The summed E-state index contributed by atoms with van der Waals surface area (Å²) in [5.41, 5.74) is 5.51. The van der Waals surface area contributed by atoms with Gasteiger partial charge in [0.05, 0.1) is 0 Å². The molecule has 0 aliphatic heterocycles. The van der Waals surface area contributed by atoms with Crippen LogP contribution in [0.3, 0.4) is 0 Å². The zero-order chi connectivity index (χ0) is 19.7. The number of hydrogen-bond acceptors (Lipinski definition) is 2. The van der Waals surface area contributed by atoms with E-state index in [1.54, 1.807) is 18.5 Å². The van der Waals surface area contributed by atoms with E-state index >= 15 is 0 Å². The standard InChI is InChI=1S/C23H21F2N3/c1-15-3-5-16(6-4-15)7-8-17-11-18(13-26-12-17)19-14-28-20-9-10-27-22(21(19)20)23(2,24)25/h3-6,9-14,28H,7-8H2,1-2H3. The minimum Gasteiger partial charge on any atom is -0.360 e. The average Bonchev–Trinajstić information content (AvgIpc) is 3.11. The Morgan fingerprint density at radius 2 is 1.75 bits per heavy atom. The molecule has 5 heteroatoms. The number of H-pyrrole nitrogens is 1. The van der Waals surface area contributed by atoms with Gasteiger partial charge in [-0.1, -0.05) is 29.8 Å². The zero-order valence-electron chi connectivity index (χ0n) is 15.8. The third-order valence-corrected chi connectivity index (χ3v) is 4.94. The van der Waals surface area contributed by atoms with Crippen molar-refractivity contribution in [3.8, 4) is 11.1 Å². The van der Waals surface area contributed by atoms with Crippen molar-refractivity contribution in [1.29, 1.82) is 0 Å². The number of aromatic nitrogens is 3. The zero-order valence-corrected chi connectivity index (χ0v) is 15.8. The largest absolute Gasteiger partial charge is 0.360 e. The third-order valence-electron chi connectivity index (χ3n) is 4.94. The average molecular weight is 377 g/mol. The number of halogens is 2. The van der Waals surface area contributed by atoms with Gasteiger partial charge in [0.1, 0.15) is 5.69 Å². The molecule has 3 aromatic heterocycles. The highest BCUT2D eigenvalue weighted by Crippen LogP contribution is 2.37. The fourth-order valence-electron chi connectivity index (χ4n) is 3.45. The van der Waals surface area contributed by atoms with Crippen molar-refractivity contribution in [3.63, 3.8) is 0 Å². The Morgan fingerprint density at radius 3 is 2.50 bits per heavy atom. The van der Waals surface area contributed by atoms with Gasteiger partial charge in [0, 0.05) is 53.7 Å². The van der Waals surface area contributed by atoms with Crippen LogP contribution in [0.4, 0.5) is 8.78 Å². The summed E-state index contributed by atoms with van der Waals surface area (Å²) in [6, 6.07) is 12.2. The SMILES string of the molecule is Cc1ccc(CCc2cncc(-c3c[nH]c4ccnc(C(C)(F)F)c34)c2)cc1. The van der Waals surface area contributed by atoms with Crippen molar-refractivity contribution in [1.82, 2.24) is 15.0 Å². The molecule has 0 saturated heterocycles. The lowest BCUT2D eigenvalue weighted by Crippen LogP contribution is -2.10. The maximum absolute atomic E-state index is 14.1. The number of fused-ring (bicyclic) bond motifs is 1. The monoisotopic (exact) mass is 377 g/mol. The van der Waals surface area contributed by atoms with Gasteiger partial charge in [0.2, 0.25) is 0 Å². The van der Waals surface area contributed by atoms with E-state index < -0.39 is 5.92 Å². The minimum absolute atomic E-state index is 0.216. The molecule has 0 amide bonds. The molecule has 0 saturated carbocycles. The predicted molar refractivity (Wildman–Crippen MR) is 107 cm³/mol. The van der Waals surface area contributed by atoms with Crippen LogP contribution in [0.1, 0.15) is 29.3 Å². The second-order valence-electron chi connectivity index (χ2n) is 7.24. The van der Waals surface area contributed by atoms with Crippen LogP contribution in [0.25, 0.3) is 22.0 Å². The van der Waals surface area contributed by atoms with Crippen molar-refractivity contribution in [2.45, 2.75) is 32.6 Å². The molecule has 4 rings (SSSR count). The summed E-state index contributed by atoms with van der Waals surface area (Å²) >= 11 is 0. The molecule has 3 nitrogen and oxygen atoms in total. The van der Waals surface area contributed by atoms with Gasteiger partial charge in [-0.3, -0.25) is 9.97 Å². The summed E-state index contributed by atoms with van der Waals surface area (Å²) in [5, 5.41) is 0.451. The number of nitrogens with one attached hydrogen (secondary N) is 1. The van der Waals surface area contributed by atoms with E-state index in [9.17, 15) is 8.78 Å². The first-order valence-corrected chi connectivity index (χ1v) is 9.26. The summed E-state index contributed by atoms with van der Waals surface area (Å²) in [4.78, 5) is 11.4. The molecule has 0 spiro atoms. The van der Waals surface area contributed by atoms with Crippen LogP contribution in [-0.4, -0.2) is 15.0 Å². The van der Waals surface area contributed by atoms with Crippen LogP contribution in [0.5, 0.6) is 0 Å². The van der Waals surface area contributed by atoms with Gasteiger partial charge in [-0.25, -0.2) is 0 Å². The summed E-state index contributed by atoms with van der Waals surface area (Å²) in [5.74, 6) is -3.02. The normalized spacial score (nSPS) is 11.9. The number of benzene rings is 1. The minimum atomic E-state index is -3.02. The molecule has 0 fully saturated rings. The molecular weight excluding hydrogens is 356 g/mol. The number of rotatable bonds is 5. The van der Waals surface area contributed by atoms with Crippen LogP contribution in [0, 0.1) is 6.92 Å². The van der Waals surface area contributed by atoms with Gasteiger partial charge < -0.3 is 4.98 Å². The van der Waals surface area contributed by atoms with Gasteiger partial charge in [-0.2, -0.15) is 8.78 Å². The lowest BCUT2D eigenvalue weighted by atomic mass is 9.99. The van der Waals surface area contributed by atoms with Gasteiger partial charge in [0.25, 0.3) is 5.92 Å². The Balaban J connectivity index is 1.67. The highest BCUT2D eigenvalue weighted by molar-refractivity contribution is 5.97. The van der Waals surface area contributed by atoms with Crippen LogP contribution in [-0.2, 0) is 18.8 Å². The Hall–Kier alpha value is -3.08. The molecule has 28 heavy (non-hydrogen) atoms. The summed E-state index contributed by atoms with van der Waals surface area (Å²) in [6.07, 6.45) is 8.44. The van der Waals surface area contributed by atoms with E-state index in [4.69, 9.17) is 0 Å². The summed E-state index contributed by atoms with van der Waals surface area (Å²) in [7, 11) is 0. The second kappa shape index (κ2) is 7.15. The molecule has 0 atom stereocenters. The van der Waals surface area contributed by atoms with E-state index in [1.807, 2.05) is 12.3 Å². The Bertz CT molecular complexity index is 1110. The van der Waals surface area contributed by atoms with Gasteiger partial charge >= 0.3 is 0 Å². The number of aromatic amines is 1. The first-order valence-electron chi connectivity index (χ1n) is 9.26. The second-order valence-corrected chi connectivity index (χ2v) is 7.24. The van der Waals surface area contributed by atoms with Gasteiger partial charge in [0.15, 0.2) is 0 Å². The Morgan fingerprint density at radius 1 is 1.00 bits per heavy atom. The van der Waals surface area contributed by atoms with E-state index in [0.717, 1.165) is 30.9 Å². The summed E-state index contributed by atoms with van der Waals surface area (Å²) in [6.45, 7) is 2.95. The Kier molecular flexibility index (Phi) is 4.67. The van der Waals surface area contributed by atoms with E-state index in [0.29, 0.717) is 16.5 Å². The van der Waals surface area contributed by atoms with Crippen molar-refractivity contribution in [3.05, 3.63) is 83.6 Å². The molecule has 0 radical (unpaired) electrons. The maximum Gasteiger partial charge on any atom is 0.287 e. The number of nitrogens with zero attached hydrogens (tertiary/aromatic N) is 2. The summed E-state index contributed by atoms with van der Waals surface area (Å²) < 4.78 is 28.2. The molecule has 0 aliphatic rings. The fraction of sp³-hybridized carbons (Fsp3) is 0.217. The topological polar surface area (TPSA) is 41.6 Å². The number of hydrogen-bond donors (Lipinski definition) is 1. The lowest BCUT2D eigenvalue weighted by Gasteiger charge is -2.12. The van der Waals surface area contributed by atoms with E-state index in [-0.39, 0.29) is 5.69 Å². The number of pyridine rings is 2. The van der Waals surface area contributed by atoms with Crippen molar-refractivity contribution in [2.75, 3.05) is 0 Å². The smallest absolute Gasteiger partial charge is 0.287 e. The highest BCUT2D eigenvalue weighted by atomic mass is 19.3. The molecule has 0 unspecified atom stereocenters. The van der Waals surface area contributed by atoms with Crippen molar-refractivity contribution in [2.24, 2.45) is 0 Å². The van der Waals surface area contributed by atoms with Crippen molar-refractivity contribution < 1.29 is 8.78 Å². The molecular formula is C23H21F2N3. The van der Waals surface area contributed by atoms with Crippen molar-refractivity contribution >= 4 is 10.9 Å². The molecule has 0 bridgehead atoms. The molecule has 0 aliphatic carbocycles. The van der Waals surface area contributed by atoms with Gasteiger partial charge in [-0.15, -0.1) is 0 Å². The van der Waals surface area contributed by atoms with Crippen LogP contribution in [0.2, 0.25) is 0 Å². The van der Waals surface area contributed by atoms with E-state index in [1.165, 1.54) is 17.3 Å². The van der Waals surface area contributed by atoms with E-state index in [2.05, 4.69) is 46.1 Å². The number of aryl methyl sites for hydroxylation is 3.